The summed E-state index contributed by atoms with van der Waals surface area (Å²) in [5.41, 5.74) is 7.24. The van der Waals surface area contributed by atoms with E-state index in [1.807, 2.05) is 6.07 Å². The van der Waals surface area contributed by atoms with Crippen molar-refractivity contribution in [1.29, 1.82) is 0 Å². The zero-order valence-corrected chi connectivity index (χ0v) is 12.2. The van der Waals surface area contributed by atoms with Crippen LogP contribution >= 0.6 is 12.4 Å². The first-order valence-corrected chi connectivity index (χ1v) is 6.69. The van der Waals surface area contributed by atoms with Crippen LogP contribution in [0.5, 0.6) is 0 Å². The van der Waals surface area contributed by atoms with Crippen molar-refractivity contribution in [1.82, 2.24) is 0 Å². The van der Waals surface area contributed by atoms with E-state index < -0.39 is 0 Å². The van der Waals surface area contributed by atoms with Gasteiger partial charge in [-0.05, 0) is 31.4 Å². The van der Waals surface area contributed by atoms with E-state index in [1.165, 1.54) is 6.42 Å². The molecule has 0 unspecified atom stereocenters. The molecule has 1 aliphatic heterocycles. The van der Waals surface area contributed by atoms with E-state index in [1.54, 1.807) is 12.1 Å². The molecule has 0 amide bonds. The normalized spacial score (nSPS) is 14.6. The second kappa shape index (κ2) is 7.91. The molecule has 1 heterocycles. The van der Waals surface area contributed by atoms with Gasteiger partial charge in [0, 0.05) is 37.9 Å². The quantitative estimate of drug-likeness (QED) is 0.644. The molecule has 0 aliphatic carbocycles. The summed E-state index contributed by atoms with van der Waals surface area (Å²) in [6.45, 7) is 2.98. The number of hydrogen-bond acceptors (Lipinski definition) is 5. The van der Waals surface area contributed by atoms with E-state index in [-0.39, 0.29) is 23.0 Å². The van der Waals surface area contributed by atoms with Crippen molar-refractivity contribution in [3.63, 3.8) is 0 Å². The van der Waals surface area contributed by atoms with E-state index in [9.17, 15) is 10.1 Å². The Bertz CT molecular complexity index is 450. The van der Waals surface area contributed by atoms with Crippen molar-refractivity contribution >= 4 is 29.5 Å². The summed E-state index contributed by atoms with van der Waals surface area (Å²) < 4.78 is 0. The molecule has 0 saturated carbocycles. The molecular formula is C13H21ClN4O2. The number of hydrogen-bond donors (Lipinski definition) is 2. The maximum Gasteiger partial charge on any atom is 0.292 e. The number of rotatable bonds is 5. The van der Waals surface area contributed by atoms with Crippen LogP contribution < -0.4 is 16.0 Å². The SMILES string of the molecule is Cl.NCCNc1ccc([N+](=O)[O-])c(N2CCCCC2)c1. The van der Waals surface area contributed by atoms with Gasteiger partial charge in [-0.1, -0.05) is 0 Å². The smallest absolute Gasteiger partial charge is 0.292 e. The molecule has 1 aliphatic rings. The third-order valence-electron chi connectivity index (χ3n) is 3.34. The zero-order valence-electron chi connectivity index (χ0n) is 11.4. The summed E-state index contributed by atoms with van der Waals surface area (Å²) >= 11 is 0. The van der Waals surface area contributed by atoms with Gasteiger partial charge >= 0.3 is 0 Å². The molecule has 0 bridgehead atoms. The van der Waals surface area contributed by atoms with Gasteiger partial charge in [0.05, 0.1) is 4.92 Å². The van der Waals surface area contributed by atoms with Gasteiger partial charge in [0.1, 0.15) is 5.69 Å². The van der Waals surface area contributed by atoms with Crippen LogP contribution in [-0.2, 0) is 0 Å². The summed E-state index contributed by atoms with van der Waals surface area (Å²) in [7, 11) is 0. The van der Waals surface area contributed by atoms with Gasteiger partial charge in [0.15, 0.2) is 0 Å². The first-order valence-electron chi connectivity index (χ1n) is 6.69. The van der Waals surface area contributed by atoms with E-state index in [4.69, 9.17) is 5.73 Å². The molecule has 3 N–H and O–H groups in total. The fraction of sp³-hybridized carbons (Fsp3) is 0.538. The van der Waals surface area contributed by atoms with Crippen molar-refractivity contribution in [3.05, 3.63) is 28.3 Å². The molecule has 1 aromatic carbocycles. The van der Waals surface area contributed by atoms with Crippen LogP contribution in [0.4, 0.5) is 17.1 Å². The lowest BCUT2D eigenvalue weighted by molar-refractivity contribution is -0.384. The second-order valence-electron chi connectivity index (χ2n) is 4.72. The van der Waals surface area contributed by atoms with Crippen LogP contribution in [0.3, 0.4) is 0 Å². The third kappa shape index (κ3) is 3.98. The Kier molecular flexibility index (Phi) is 6.54. The predicted octanol–water partition coefficient (Wildman–Crippen LogP) is 2.38. The fourth-order valence-corrected chi connectivity index (χ4v) is 2.39. The van der Waals surface area contributed by atoms with Crippen molar-refractivity contribution in [2.24, 2.45) is 5.73 Å². The van der Waals surface area contributed by atoms with Gasteiger partial charge < -0.3 is 16.0 Å². The lowest BCUT2D eigenvalue weighted by atomic mass is 10.1. The van der Waals surface area contributed by atoms with E-state index in [0.717, 1.165) is 31.6 Å². The topological polar surface area (TPSA) is 84.4 Å². The first-order chi connectivity index (χ1) is 9.22. The van der Waals surface area contributed by atoms with Gasteiger partial charge in [0.2, 0.25) is 0 Å². The molecule has 1 aromatic rings. The molecule has 0 aromatic heterocycles. The Labute approximate surface area is 124 Å². The number of anilines is 2. The summed E-state index contributed by atoms with van der Waals surface area (Å²) in [6, 6.07) is 5.17. The maximum atomic E-state index is 11.1. The van der Waals surface area contributed by atoms with Crippen LogP contribution in [0.1, 0.15) is 19.3 Å². The monoisotopic (exact) mass is 300 g/mol. The Morgan fingerprint density at radius 2 is 2.00 bits per heavy atom. The van der Waals surface area contributed by atoms with Crippen LogP contribution in [0.15, 0.2) is 18.2 Å². The third-order valence-corrected chi connectivity index (χ3v) is 3.34. The summed E-state index contributed by atoms with van der Waals surface area (Å²) in [6.07, 6.45) is 3.39. The largest absolute Gasteiger partial charge is 0.384 e. The van der Waals surface area contributed by atoms with Crippen LogP contribution in [0.2, 0.25) is 0 Å². The lowest BCUT2D eigenvalue weighted by Gasteiger charge is -2.28. The highest BCUT2D eigenvalue weighted by molar-refractivity contribution is 5.85. The Balaban J connectivity index is 0.00000200. The van der Waals surface area contributed by atoms with Gasteiger partial charge in [-0.25, -0.2) is 0 Å². The van der Waals surface area contributed by atoms with Crippen molar-refractivity contribution in [2.75, 3.05) is 36.4 Å². The number of nitrogens with one attached hydrogen (secondary N) is 1. The number of nitrogens with zero attached hydrogens (tertiary/aromatic N) is 2. The minimum Gasteiger partial charge on any atom is -0.384 e. The zero-order chi connectivity index (χ0) is 13.7. The van der Waals surface area contributed by atoms with Crippen molar-refractivity contribution < 1.29 is 4.92 Å². The van der Waals surface area contributed by atoms with Crippen molar-refractivity contribution in [3.8, 4) is 0 Å². The molecule has 20 heavy (non-hydrogen) atoms. The summed E-state index contributed by atoms with van der Waals surface area (Å²) in [4.78, 5) is 12.9. The minimum absolute atomic E-state index is 0. The molecule has 0 atom stereocenters. The summed E-state index contributed by atoms with van der Waals surface area (Å²) in [5.74, 6) is 0. The molecule has 0 radical (unpaired) electrons. The van der Waals surface area contributed by atoms with Gasteiger partial charge in [-0.2, -0.15) is 0 Å². The number of piperidine rings is 1. The maximum absolute atomic E-state index is 11.1. The highest BCUT2D eigenvalue weighted by atomic mass is 35.5. The first kappa shape index (κ1) is 16.5. The Hall–Kier alpha value is -1.53. The standard InChI is InChI=1S/C13H20N4O2.ClH/c14-6-7-15-11-4-5-12(17(18)19)13(10-11)16-8-2-1-3-9-16;/h4-5,10,15H,1-3,6-9,14H2;1H. The molecule has 0 spiro atoms. The minimum atomic E-state index is -0.309. The molecule has 6 nitrogen and oxygen atoms in total. The number of nitro groups is 1. The second-order valence-corrected chi connectivity index (χ2v) is 4.72. The predicted molar refractivity (Wildman–Crippen MR) is 84.0 cm³/mol. The molecule has 1 fully saturated rings. The van der Waals surface area contributed by atoms with E-state index in [0.29, 0.717) is 18.8 Å². The highest BCUT2D eigenvalue weighted by Crippen LogP contribution is 2.32. The van der Waals surface area contributed by atoms with E-state index in [2.05, 4.69) is 10.2 Å². The van der Waals surface area contributed by atoms with Crippen LogP contribution in [0.25, 0.3) is 0 Å². The van der Waals surface area contributed by atoms with Crippen LogP contribution in [-0.4, -0.2) is 31.1 Å². The van der Waals surface area contributed by atoms with Gasteiger partial charge in [-0.15, -0.1) is 12.4 Å². The fourth-order valence-electron chi connectivity index (χ4n) is 2.39. The van der Waals surface area contributed by atoms with Crippen LogP contribution in [0, 0.1) is 10.1 Å². The average molecular weight is 301 g/mol. The number of halogens is 1. The Morgan fingerprint density at radius 1 is 1.30 bits per heavy atom. The number of benzene rings is 1. The molecule has 7 heteroatoms. The number of nitrogens with two attached hydrogens (primary N) is 1. The highest BCUT2D eigenvalue weighted by Gasteiger charge is 2.21. The molecule has 1 saturated heterocycles. The van der Waals surface area contributed by atoms with Gasteiger partial charge in [0.25, 0.3) is 5.69 Å². The van der Waals surface area contributed by atoms with E-state index >= 15 is 0 Å². The lowest BCUT2D eigenvalue weighted by Crippen LogP contribution is -2.30. The van der Waals surface area contributed by atoms with Gasteiger partial charge in [-0.3, -0.25) is 10.1 Å². The Morgan fingerprint density at radius 3 is 2.60 bits per heavy atom. The number of nitro benzene ring substituents is 1. The summed E-state index contributed by atoms with van der Waals surface area (Å²) in [5, 5.41) is 14.3. The van der Waals surface area contributed by atoms with Crippen molar-refractivity contribution in [2.45, 2.75) is 19.3 Å². The molecule has 2 rings (SSSR count). The molecule has 112 valence electrons. The average Bonchev–Trinajstić information content (AvgIpc) is 2.45. The molecular weight excluding hydrogens is 280 g/mol.